The minimum atomic E-state index is -4.38. The first-order valence-corrected chi connectivity index (χ1v) is 13.3. The van der Waals surface area contributed by atoms with Gasteiger partial charge in [-0.05, 0) is 6.42 Å². The molecule has 190 valence electrons. The molecule has 0 amide bonds. The van der Waals surface area contributed by atoms with Gasteiger partial charge in [-0.3, -0.25) is 4.55 Å². The summed E-state index contributed by atoms with van der Waals surface area (Å²) in [4.78, 5) is 0. The third-order valence-electron chi connectivity index (χ3n) is 4.85. The van der Waals surface area contributed by atoms with Crippen LogP contribution in [0.5, 0.6) is 0 Å². The zero-order chi connectivity index (χ0) is 22.2. The molecule has 0 aromatic heterocycles. The number of hydrogen-bond acceptors (Lipinski definition) is 6. The highest BCUT2D eigenvalue weighted by Gasteiger charge is 2.02. The molecule has 0 rings (SSSR count). The predicted molar refractivity (Wildman–Crippen MR) is 126 cm³/mol. The number of quaternary nitrogens is 1. The molecule has 0 radical (unpaired) electrons. The van der Waals surface area contributed by atoms with Crippen LogP contribution < -0.4 is 6.15 Å². The summed E-state index contributed by atoms with van der Waals surface area (Å²) in [7, 11) is -4.38. The van der Waals surface area contributed by atoms with E-state index in [-0.39, 0.29) is 19.4 Å². The number of hydrogen-bond donors (Lipinski definition) is 2. The second-order valence-corrected chi connectivity index (χ2v) is 8.77. The van der Waals surface area contributed by atoms with E-state index in [1.807, 2.05) is 0 Å². The summed E-state index contributed by atoms with van der Waals surface area (Å²) in [5.41, 5.74) is 0. The van der Waals surface area contributed by atoms with E-state index in [2.05, 4.69) is 11.1 Å². The summed E-state index contributed by atoms with van der Waals surface area (Å²) in [6.45, 7) is 4.77. The van der Waals surface area contributed by atoms with E-state index in [4.69, 9.17) is 18.8 Å². The molecule has 0 aromatic carbocycles. The lowest BCUT2D eigenvalue weighted by molar-refractivity contribution is 0.00854. The minimum Gasteiger partial charge on any atom is -0.379 e. The van der Waals surface area contributed by atoms with Crippen LogP contribution >= 0.6 is 0 Å². The molecule has 0 aliphatic heterocycles. The maximum Gasteiger partial charge on any atom is 0.397 e. The van der Waals surface area contributed by atoms with Gasteiger partial charge in [-0.2, -0.15) is 8.42 Å². The van der Waals surface area contributed by atoms with Gasteiger partial charge in [0, 0.05) is 6.61 Å². The van der Waals surface area contributed by atoms with Gasteiger partial charge in [0.2, 0.25) is 0 Å². The second-order valence-electron chi connectivity index (χ2n) is 7.68. The van der Waals surface area contributed by atoms with Crippen molar-refractivity contribution in [3.63, 3.8) is 0 Å². The first-order chi connectivity index (χ1) is 14.6. The summed E-state index contributed by atoms with van der Waals surface area (Å²) in [5, 5.41) is 0. The van der Waals surface area contributed by atoms with Crippen molar-refractivity contribution in [2.24, 2.45) is 0 Å². The molecule has 0 fully saturated rings. The Morgan fingerprint density at radius 3 is 1.23 bits per heavy atom. The van der Waals surface area contributed by atoms with E-state index in [1.54, 1.807) is 0 Å². The van der Waals surface area contributed by atoms with Gasteiger partial charge in [0.1, 0.15) is 0 Å². The number of rotatable bonds is 25. The van der Waals surface area contributed by atoms with Crippen molar-refractivity contribution in [3.8, 4) is 0 Å². The van der Waals surface area contributed by atoms with Crippen molar-refractivity contribution in [3.05, 3.63) is 0 Å². The fourth-order valence-electron chi connectivity index (χ4n) is 3.14. The smallest absolute Gasteiger partial charge is 0.379 e. The highest BCUT2D eigenvalue weighted by molar-refractivity contribution is 7.80. The van der Waals surface area contributed by atoms with Crippen molar-refractivity contribution >= 4 is 10.4 Å². The number of unbranched alkanes of at least 4 members (excludes halogenated alkanes) is 13. The standard InChI is InChI=1S/C22H46O7S.H3N/c1-2-3-4-5-6-7-8-9-10-11-12-13-14-15-16-26-17-18-27-19-20-28-21-22-29-30(23,24)25;/h2-22H2,1H3,(H,23,24,25);1H3/p+1. The average Bonchev–Trinajstić information content (AvgIpc) is 2.70. The molecule has 0 heterocycles. The fraction of sp³-hybridized carbons (Fsp3) is 1.00. The average molecular weight is 473 g/mol. The normalized spacial score (nSPS) is 11.5. The van der Waals surface area contributed by atoms with Crippen molar-refractivity contribution in [1.29, 1.82) is 0 Å². The van der Waals surface area contributed by atoms with Crippen LogP contribution in [0.4, 0.5) is 0 Å². The van der Waals surface area contributed by atoms with Crippen LogP contribution in [0, 0.1) is 0 Å². The van der Waals surface area contributed by atoms with Crippen LogP contribution in [0.1, 0.15) is 96.8 Å². The zero-order valence-corrected chi connectivity index (χ0v) is 21.0. The first-order valence-electron chi connectivity index (χ1n) is 11.9. The fourth-order valence-corrected chi connectivity index (χ4v) is 3.42. The van der Waals surface area contributed by atoms with Crippen LogP contribution in [0.3, 0.4) is 0 Å². The minimum absolute atomic E-state index is 0. The van der Waals surface area contributed by atoms with Crippen molar-refractivity contribution in [2.45, 2.75) is 96.8 Å². The van der Waals surface area contributed by atoms with Gasteiger partial charge in [-0.25, -0.2) is 4.18 Å². The Bertz CT molecular complexity index is 436. The quantitative estimate of drug-likeness (QED) is 0.128. The third kappa shape index (κ3) is 32.0. The van der Waals surface area contributed by atoms with E-state index in [1.165, 1.54) is 83.5 Å². The summed E-state index contributed by atoms with van der Waals surface area (Å²) < 4.78 is 49.0. The summed E-state index contributed by atoms with van der Waals surface area (Å²) in [6.07, 6.45) is 19.0. The molecule has 0 saturated carbocycles. The molecule has 5 N–H and O–H groups in total. The molecule has 0 bridgehead atoms. The Labute approximate surface area is 191 Å². The van der Waals surface area contributed by atoms with Crippen LogP contribution in [0.25, 0.3) is 0 Å². The molecule has 0 unspecified atom stereocenters. The van der Waals surface area contributed by atoms with Gasteiger partial charge in [0.05, 0.1) is 39.6 Å². The Hall–Kier alpha value is -0.290. The van der Waals surface area contributed by atoms with Gasteiger partial charge in [0.25, 0.3) is 0 Å². The lowest BCUT2D eigenvalue weighted by Gasteiger charge is -2.07. The molecule has 8 nitrogen and oxygen atoms in total. The molecule has 0 aliphatic rings. The van der Waals surface area contributed by atoms with Crippen LogP contribution in [-0.4, -0.2) is 59.2 Å². The van der Waals surface area contributed by atoms with E-state index >= 15 is 0 Å². The monoisotopic (exact) mass is 472 g/mol. The van der Waals surface area contributed by atoms with Gasteiger partial charge in [0.15, 0.2) is 0 Å². The molecule has 0 aliphatic carbocycles. The summed E-state index contributed by atoms with van der Waals surface area (Å²) >= 11 is 0. The second kappa shape index (κ2) is 26.0. The largest absolute Gasteiger partial charge is 0.397 e. The van der Waals surface area contributed by atoms with E-state index < -0.39 is 10.4 Å². The zero-order valence-electron chi connectivity index (χ0n) is 20.2. The molecular formula is C22H50NO7S+. The van der Waals surface area contributed by atoms with Gasteiger partial charge >= 0.3 is 10.4 Å². The van der Waals surface area contributed by atoms with Crippen molar-refractivity contribution in [2.75, 3.05) is 46.2 Å². The lowest BCUT2D eigenvalue weighted by atomic mass is 10.0. The van der Waals surface area contributed by atoms with Crippen molar-refractivity contribution in [1.82, 2.24) is 6.15 Å². The molecule has 0 spiro atoms. The number of ether oxygens (including phenoxy) is 3. The van der Waals surface area contributed by atoms with E-state index in [0.717, 1.165) is 13.0 Å². The molecule has 0 atom stereocenters. The van der Waals surface area contributed by atoms with Crippen molar-refractivity contribution < 1.29 is 31.4 Å². The highest BCUT2D eigenvalue weighted by Crippen LogP contribution is 2.12. The summed E-state index contributed by atoms with van der Waals surface area (Å²) in [5.74, 6) is 0. The maximum absolute atomic E-state index is 10.3. The van der Waals surface area contributed by atoms with Crippen LogP contribution in [-0.2, 0) is 28.8 Å². The molecule has 0 aromatic rings. The summed E-state index contributed by atoms with van der Waals surface area (Å²) in [6, 6.07) is 0. The van der Waals surface area contributed by atoms with Crippen LogP contribution in [0.15, 0.2) is 0 Å². The Morgan fingerprint density at radius 1 is 0.516 bits per heavy atom. The SMILES string of the molecule is CCCCCCCCCCCCCCCCOCCOCCOCCOS(=O)(=O)O.[NH4+]. The van der Waals surface area contributed by atoms with E-state index in [9.17, 15) is 8.42 Å². The van der Waals surface area contributed by atoms with Gasteiger partial charge < -0.3 is 20.4 Å². The highest BCUT2D eigenvalue weighted by atomic mass is 32.3. The Balaban J connectivity index is 0. The Morgan fingerprint density at radius 2 is 0.839 bits per heavy atom. The van der Waals surface area contributed by atoms with E-state index in [0.29, 0.717) is 26.4 Å². The molecule has 9 heteroatoms. The maximum atomic E-state index is 10.3. The predicted octanol–water partition coefficient (Wildman–Crippen LogP) is 5.71. The van der Waals surface area contributed by atoms with Gasteiger partial charge in [-0.1, -0.05) is 90.4 Å². The lowest BCUT2D eigenvalue weighted by Crippen LogP contribution is -2.13. The van der Waals surface area contributed by atoms with Crippen LogP contribution in [0.2, 0.25) is 0 Å². The Kier molecular flexibility index (Phi) is 27.5. The first kappa shape index (κ1) is 32.9. The molecular weight excluding hydrogens is 422 g/mol. The molecule has 31 heavy (non-hydrogen) atoms. The molecule has 0 saturated heterocycles. The van der Waals surface area contributed by atoms with Gasteiger partial charge in [-0.15, -0.1) is 0 Å². The topological polar surface area (TPSA) is 128 Å². The third-order valence-corrected chi connectivity index (χ3v) is 5.31.